The number of H-pyrrole nitrogens is 1. The summed E-state index contributed by atoms with van der Waals surface area (Å²) in [5.41, 5.74) is 0.636. The number of hydrogen-bond donors (Lipinski definition) is 0. The molecule has 2 unspecified atom stereocenters. The third-order valence-electron chi connectivity index (χ3n) is 3.16. The van der Waals surface area contributed by atoms with Crippen molar-refractivity contribution in [3.8, 4) is 6.07 Å². The van der Waals surface area contributed by atoms with Crippen LogP contribution in [0.4, 0.5) is 0 Å². The van der Waals surface area contributed by atoms with Crippen molar-refractivity contribution in [2.45, 2.75) is 13.0 Å². The molecule has 1 aliphatic heterocycles. The van der Waals surface area contributed by atoms with Gasteiger partial charge in [0.15, 0.2) is 12.4 Å². The van der Waals surface area contributed by atoms with Gasteiger partial charge >= 0.3 is 0 Å². The fourth-order valence-electron chi connectivity index (χ4n) is 2.34. The predicted molar refractivity (Wildman–Crippen MR) is 62.2 cm³/mol. The lowest BCUT2D eigenvalue weighted by molar-refractivity contribution is -0.379. The van der Waals surface area contributed by atoms with Gasteiger partial charge < -0.3 is 4.90 Å². The maximum atomic E-state index is 11.9. The highest BCUT2D eigenvalue weighted by Gasteiger charge is 2.50. The molecule has 1 aromatic heterocycles. The molecule has 96 valence electrons. The lowest BCUT2D eigenvalue weighted by Crippen LogP contribution is -2.31. The molecule has 0 aliphatic carbocycles. The van der Waals surface area contributed by atoms with Gasteiger partial charge in [-0.05, 0) is 13.0 Å². The summed E-state index contributed by atoms with van der Waals surface area (Å²) in [4.78, 5) is 39.4. The number of hydrogen-bond acceptors (Lipinski definition) is 4. The molecule has 0 bridgehead atoms. The standard InChI is InChI=1S/C13H11N3O3/c1-8(17)10-11(9-3-2-5-15-7-9)16(6-4-14)13(19)12(10)18/h2-3,5,7,10-11H,6H2,1H3/p+1. The van der Waals surface area contributed by atoms with Crippen molar-refractivity contribution < 1.29 is 19.4 Å². The van der Waals surface area contributed by atoms with Gasteiger partial charge in [-0.15, -0.1) is 0 Å². The van der Waals surface area contributed by atoms with Crippen molar-refractivity contribution >= 4 is 17.5 Å². The van der Waals surface area contributed by atoms with E-state index < -0.39 is 23.7 Å². The van der Waals surface area contributed by atoms with Gasteiger partial charge in [-0.2, -0.15) is 5.26 Å². The first kappa shape index (κ1) is 12.9. The molecule has 2 atom stereocenters. The Morgan fingerprint density at radius 3 is 2.79 bits per heavy atom. The summed E-state index contributed by atoms with van der Waals surface area (Å²) in [5, 5.41) is 8.77. The maximum absolute atomic E-state index is 11.9. The molecule has 1 aliphatic rings. The Bertz CT molecular complexity index is 577. The van der Waals surface area contributed by atoms with Gasteiger partial charge in [-0.25, -0.2) is 4.98 Å². The zero-order chi connectivity index (χ0) is 14.0. The van der Waals surface area contributed by atoms with Crippen molar-refractivity contribution in [1.82, 2.24) is 4.90 Å². The first-order valence-corrected chi connectivity index (χ1v) is 5.76. The number of rotatable bonds is 3. The van der Waals surface area contributed by atoms with Gasteiger partial charge in [0, 0.05) is 11.6 Å². The normalized spacial score (nSPS) is 22.4. The molecule has 2 rings (SSSR count). The Morgan fingerprint density at radius 2 is 2.26 bits per heavy atom. The number of ketones is 2. The largest absolute Gasteiger partial charge is 0.314 e. The molecule has 1 amide bonds. The molecule has 0 radical (unpaired) electrons. The van der Waals surface area contributed by atoms with E-state index >= 15 is 0 Å². The Morgan fingerprint density at radius 1 is 1.53 bits per heavy atom. The fraction of sp³-hybridized carbons (Fsp3) is 0.308. The number of Topliss-reactive ketones (excluding diaryl/α,β-unsaturated/α-hetero) is 2. The highest BCUT2D eigenvalue weighted by atomic mass is 16.2. The van der Waals surface area contributed by atoms with Crippen LogP contribution in [0.1, 0.15) is 18.5 Å². The fourth-order valence-corrected chi connectivity index (χ4v) is 2.34. The third-order valence-corrected chi connectivity index (χ3v) is 3.16. The van der Waals surface area contributed by atoms with Crippen LogP contribution in [0.5, 0.6) is 0 Å². The highest BCUT2D eigenvalue weighted by molar-refractivity contribution is 6.42. The molecule has 1 N–H and O–H groups in total. The topological polar surface area (TPSA) is 92.4 Å². The number of nitriles is 1. The molecule has 6 nitrogen and oxygen atoms in total. The van der Waals surface area contributed by atoms with Gasteiger partial charge in [-0.1, -0.05) is 0 Å². The summed E-state index contributed by atoms with van der Waals surface area (Å²) in [6.45, 7) is 1.07. The van der Waals surface area contributed by atoms with Crippen molar-refractivity contribution in [2.75, 3.05) is 6.54 Å². The van der Waals surface area contributed by atoms with Crippen LogP contribution in [0.25, 0.3) is 0 Å². The van der Waals surface area contributed by atoms with Gasteiger partial charge in [0.25, 0.3) is 5.91 Å². The van der Waals surface area contributed by atoms with E-state index in [0.717, 1.165) is 4.90 Å². The lowest BCUT2D eigenvalue weighted by atomic mass is 9.91. The van der Waals surface area contributed by atoms with Crippen LogP contribution in [0.3, 0.4) is 0 Å². The monoisotopic (exact) mass is 258 g/mol. The SMILES string of the molecule is CC(=O)C1C(=O)C(=O)N(CC#N)C1c1ccc[nH+]c1. The number of nitrogens with zero attached hydrogens (tertiary/aromatic N) is 2. The molecule has 1 saturated heterocycles. The van der Waals surface area contributed by atoms with E-state index in [9.17, 15) is 14.4 Å². The van der Waals surface area contributed by atoms with Crippen molar-refractivity contribution in [1.29, 1.82) is 5.26 Å². The molecule has 1 aromatic rings. The van der Waals surface area contributed by atoms with E-state index in [1.807, 2.05) is 6.07 Å². The minimum atomic E-state index is -1.03. The van der Waals surface area contributed by atoms with Crippen LogP contribution in [-0.4, -0.2) is 28.9 Å². The minimum Gasteiger partial charge on any atom is -0.314 e. The summed E-state index contributed by atoms with van der Waals surface area (Å²) in [6.07, 6.45) is 3.30. The highest BCUT2D eigenvalue weighted by Crippen LogP contribution is 2.35. The van der Waals surface area contributed by atoms with Gasteiger partial charge in [0.1, 0.15) is 18.2 Å². The molecule has 19 heavy (non-hydrogen) atoms. The Hall–Kier alpha value is -2.55. The average Bonchev–Trinajstić information content (AvgIpc) is 2.65. The van der Waals surface area contributed by atoms with Crippen LogP contribution in [-0.2, 0) is 14.4 Å². The number of amides is 1. The number of nitrogens with one attached hydrogen (secondary N) is 1. The van der Waals surface area contributed by atoms with Gasteiger partial charge in [0.05, 0.1) is 12.1 Å². The molecule has 1 fully saturated rings. The van der Waals surface area contributed by atoms with E-state index in [-0.39, 0.29) is 12.3 Å². The van der Waals surface area contributed by atoms with E-state index in [1.54, 1.807) is 24.5 Å². The van der Waals surface area contributed by atoms with Gasteiger partial charge in [0.2, 0.25) is 5.78 Å². The van der Waals surface area contributed by atoms with Crippen LogP contribution in [0, 0.1) is 17.2 Å². The van der Waals surface area contributed by atoms with E-state index in [1.165, 1.54) is 6.92 Å². The second-order valence-corrected chi connectivity index (χ2v) is 4.33. The zero-order valence-electron chi connectivity index (χ0n) is 10.3. The number of aromatic amines is 1. The molecule has 2 heterocycles. The number of pyridine rings is 1. The summed E-state index contributed by atoms with van der Waals surface area (Å²) in [7, 11) is 0. The quantitative estimate of drug-likeness (QED) is 0.422. The molecule has 6 heteroatoms. The molecule has 0 spiro atoms. The second-order valence-electron chi connectivity index (χ2n) is 4.33. The molecular weight excluding hydrogens is 246 g/mol. The summed E-state index contributed by atoms with van der Waals surface area (Å²) in [5.74, 6) is -2.91. The predicted octanol–water partition coefficient (Wildman–Crippen LogP) is -0.318. The Balaban J connectivity index is 2.50. The average molecular weight is 258 g/mol. The smallest absolute Gasteiger partial charge is 0.292 e. The maximum Gasteiger partial charge on any atom is 0.292 e. The first-order chi connectivity index (χ1) is 9.07. The summed E-state index contributed by atoms with van der Waals surface area (Å²) >= 11 is 0. The Labute approximate surface area is 109 Å². The van der Waals surface area contributed by atoms with Crippen LogP contribution in [0.2, 0.25) is 0 Å². The van der Waals surface area contributed by atoms with Crippen molar-refractivity contribution in [2.24, 2.45) is 5.92 Å². The Kier molecular flexibility index (Phi) is 3.38. The molecule has 0 saturated carbocycles. The van der Waals surface area contributed by atoms with Crippen LogP contribution >= 0.6 is 0 Å². The number of carbonyl (C=O) groups excluding carboxylic acids is 3. The van der Waals surface area contributed by atoms with Crippen LogP contribution in [0.15, 0.2) is 24.5 Å². The minimum absolute atomic E-state index is 0.214. The van der Waals surface area contributed by atoms with E-state index in [2.05, 4.69) is 4.98 Å². The number of carbonyl (C=O) groups is 3. The first-order valence-electron chi connectivity index (χ1n) is 5.76. The second kappa shape index (κ2) is 4.98. The van der Waals surface area contributed by atoms with Crippen molar-refractivity contribution in [3.05, 3.63) is 30.1 Å². The van der Waals surface area contributed by atoms with Crippen LogP contribution < -0.4 is 4.98 Å². The number of likely N-dealkylation sites (tertiary alicyclic amines) is 1. The number of aromatic nitrogens is 1. The van der Waals surface area contributed by atoms with Crippen molar-refractivity contribution in [3.63, 3.8) is 0 Å². The summed E-state index contributed by atoms with van der Waals surface area (Å²) < 4.78 is 0. The van der Waals surface area contributed by atoms with E-state index in [4.69, 9.17) is 5.26 Å². The zero-order valence-corrected chi connectivity index (χ0v) is 10.3. The molecule has 0 aromatic carbocycles. The summed E-state index contributed by atoms with van der Waals surface area (Å²) in [6, 6.07) is 4.58. The third kappa shape index (κ3) is 2.10. The molecular formula is C13H12N3O3+. The lowest BCUT2D eigenvalue weighted by Gasteiger charge is -2.22. The van der Waals surface area contributed by atoms with E-state index in [0.29, 0.717) is 5.56 Å². The van der Waals surface area contributed by atoms with Gasteiger partial charge in [-0.3, -0.25) is 14.4 Å².